The van der Waals surface area contributed by atoms with Crippen LogP contribution >= 0.6 is 0 Å². The summed E-state index contributed by atoms with van der Waals surface area (Å²) in [5, 5.41) is 1.40. The number of hydrogen-bond acceptors (Lipinski definition) is 2. The van der Waals surface area contributed by atoms with Crippen molar-refractivity contribution in [2.75, 3.05) is 20.1 Å². The van der Waals surface area contributed by atoms with Gasteiger partial charge in [-0.25, -0.2) is 0 Å². The van der Waals surface area contributed by atoms with Crippen LogP contribution in [-0.2, 0) is 24.3 Å². The Balaban J connectivity index is 1.65. The quantitative estimate of drug-likeness (QED) is 0.782. The first-order valence-corrected chi connectivity index (χ1v) is 9.67. The molecule has 2 aromatic rings. The molecule has 4 heteroatoms. The average Bonchev–Trinajstić information content (AvgIpc) is 3.23. The number of benzene rings is 1. The maximum atomic E-state index is 11.6. The minimum atomic E-state index is 0.462. The molecule has 1 aromatic carbocycles. The summed E-state index contributed by atoms with van der Waals surface area (Å²) in [4.78, 5) is 16.1. The number of rotatable bonds is 5. The SMILES string of the molecule is Cc1ccc2c(c1)c1c(n2CCN(C=O)C2CCCC2)CCN(C)C1. The zero-order chi connectivity index (χ0) is 17.4. The van der Waals surface area contributed by atoms with Crippen LogP contribution in [-0.4, -0.2) is 47.0 Å². The maximum absolute atomic E-state index is 11.6. The van der Waals surface area contributed by atoms with Gasteiger partial charge in [-0.1, -0.05) is 24.5 Å². The highest BCUT2D eigenvalue weighted by atomic mass is 16.1. The van der Waals surface area contributed by atoms with E-state index < -0.39 is 0 Å². The molecule has 1 aromatic heterocycles. The van der Waals surface area contributed by atoms with Crippen molar-refractivity contribution in [3.05, 3.63) is 35.0 Å². The number of fused-ring (bicyclic) bond motifs is 3. The largest absolute Gasteiger partial charge is 0.342 e. The van der Waals surface area contributed by atoms with E-state index in [1.54, 1.807) is 0 Å². The van der Waals surface area contributed by atoms with Gasteiger partial charge in [0, 0.05) is 55.2 Å². The minimum Gasteiger partial charge on any atom is -0.342 e. The minimum absolute atomic E-state index is 0.462. The van der Waals surface area contributed by atoms with Gasteiger partial charge in [-0.15, -0.1) is 0 Å². The van der Waals surface area contributed by atoms with Crippen LogP contribution in [0.3, 0.4) is 0 Å². The lowest BCUT2D eigenvalue weighted by Crippen LogP contribution is -2.35. The summed E-state index contributed by atoms with van der Waals surface area (Å²) in [5.74, 6) is 0. The molecule has 4 rings (SSSR count). The van der Waals surface area contributed by atoms with Gasteiger partial charge in [-0.3, -0.25) is 4.79 Å². The van der Waals surface area contributed by atoms with Crippen LogP contribution in [0.15, 0.2) is 18.2 Å². The van der Waals surface area contributed by atoms with Gasteiger partial charge in [0.05, 0.1) is 0 Å². The Morgan fingerprint density at radius 2 is 2.08 bits per heavy atom. The Morgan fingerprint density at radius 1 is 1.28 bits per heavy atom. The van der Waals surface area contributed by atoms with E-state index in [1.165, 1.54) is 53.4 Å². The third kappa shape index (κ3) is 3.08. The average molecular weight is 339 g/mol. The topological polar surface area (TPSA) is 28.5 Å². The monoisotopic (exact) mass is 339 g/mol. The van der Waals surface area contributed by atoms with Gasteiger partial charge < -0.3 is 14.4 Å². The summed E-state index contributed by atoms with van der Waals surface area (Å²) in [7, 11) is 2.20. The highest BCUT2D eigenvalue weighted by Gasteiger charge is 2.24. The van der Waals surface area contributed by atoms with Crippen molar-refractivity contribution in [3.63, 3.8) is 0 Å². The second kappa shape index (κ2) is 6.83. The highest BCUT2D eigenvalue weighted by Crippen LogP contribution is 2.31. The van der Waals surface area contributed by atoms with E-state index in [-0.39, 0.29) is 0 Å². The Bertz CT molecular complexity index is 773. The number of aryl methyl sites for hydroxylation is 1. The number of hydrogen-bond donors (Lipinski definition) is 0. The van der Waals surface area contributed by atoms with E-state index in [2.05, 4.69) is 41.6 Å². The fourth-order valence-corrected chi connectivity index (χ4v) is 4.73. The predicted molar refractivity (Wildman–Crippen MR) is 102 cm³/mol. The summed E-state index contributed by atoms with van der Waals surface area (Å²) in [5.41, 5.74) is 5.63. The van der Waals surface area contributed by atoms with Crippen LogP contribution in [0.5, 0.6) is 0 Å². The normalized spacial score (nSPS) is 18.6. The van der Waals surface area contributed by atoms with Crippen LogP contribution in [0.4, 0.5) is 0 Å². The molecule has 1 aliphatic heterocycles. The molecule has 0 spiro atoms. The van der Waals surface area contributed by atoms with E-state index in [0.29, 0.717) is 6.04 Å². The molecule has 2 heterocycles. The van der Waals surface area contributed by atoms with Crippen LogP contribution < -0.4 is 0 Å². The summed E-state index contributed by atoms with van der Waals surface area (Å²) < 4.78 is 2.49. The van der Waals surface area contributed by atoms with Crippen LogP contribution in [0.2, 0.25) is 0 Å². The van der Waals surface area contributed by atoms with E-state index >= 15 is 0 Å². The number of carbonyl (C=O) groups is 1. The lowest BCUT2D eigenvalue weighted by Gasteiger charge is -2.27. The molecule has 0 unspecified atom stereocenters. The van der Waals surface area contributed by atoms with Crippen LogP contribution in [0.25, 0.3) is 10.9 Å². The lowest BCUT2D eigenvalue weighted by atomic mass is 10.0. The summed E-state index contributed by atoms with van der Waals surface area (Å²) in [6.07, 6.45) is 7.06. The number of nitrogens with zero attached hydrogens (tertiary/aromatic N) is 3. The fraction of sp³-hybridized carbons (Fsp3) is 0.571. The molecular weight excluding hydrogens is 310 g/mol. The smallest absolute Gasteiger partial charge is 0.210 e. The summed E-state index contributed by atoms with van der Waals surface area (Å²) >= 11 is 0. The zero-order valence-corrected chi connectivity index (χ0v) is 15.5. The first-order valence-electron chi connectivity index (χ1n) is 9.67. The van der Waals surface area contributed by atoms with Crippen molar-refractivity contribution in [3.8, 4) is 0 Å². The van der Waals surface area contributed by atoms with E-state index in [0.717, 1.165) is 39.0 Å². The molecule has 2 aliphatic rings. The highest BCUT2D eigenvalue weighted by molar-refractivity contribution is 5.86. The number of carbonyl (C=O) groups excluding carboxylic acids is 1. The summed E-state index contributed by atoms with van der Waals surface area (Å²) in [6, 6.07) is 7.27. The van der Waals surface area contributed by atoms with Gasteiger partial charge in [0.2, 0.25) is 6.41 Å². The van der Waals surface area contributed by atoms with E-state index in [4.69, 9.17) is 0 Å². The maximum Gasteiger partial charge on any atom is 0.210 e. The molecule has 0 radical (unpaired) electrons. The molecule has 0 N–H and O–H groups in total. The molecule has 134 valence electrons. The second-order valence-electron chi connectivity index (χ2n) is 7.87. The molecule has 25 heavy (non-hydrogen) atoms. The first-order chi connectivity index (χ1) is 12.2. The molecule has 1 fully saturated rings. The Labute approximate surface area is 150 Å². The molecule has 0 saturated heterocycles. The van der Waals surface area contributed by atoms with Crippen molar-refractivity contribution in [1.82, 2.24) is 14.4 Å². The number of amides is 1. The number of aromatic nitrogens is 1. The van der Waals surface area contributed by atoms with Gasteiger partial charge in [-0.2, -0.15) is 0 Å². The third-order valence-corrected chi connectivity index (χ3v) is 6.11. The molecular formula is C21H29N3O. The molecule has 4 nitrogen and oxygen atoms in total. The predicted octanol–water partition coefficient (Wildman–Crippen LogP) is 3.34. The Kier molecular flexibility index (Phi) is 4.55. The summed E-state index contributed by atoms with van der Waals surface area (Å²) in [6.45, 7) is 6.05. The Hall–Kier alpha value is -1.81. The molecule has 0 bridgehead atoms. The van der Waals surface area contributed by atoms with Gasteiger partial charge in [0.15, 0.2) is 0 Å². The molecule has 1 saturated carbocycles. The van der Waals surface area contributed by atoms with Gasteiger partial charge in [-0.05, 0) is 44.5 Å². The van der Waals surface area contributed by atoms with Gasteiger partial charge in [0.25, 0.3) is 0 Å². The van der Waals surface area contributed by atoms with Gasteiger partial charge in [0.1, 0.15) is 0 Å². The van der Waals surface area contributed by atoms with E-state index in [1.807, 2.05) is 4.90 Å². The van der Waals surface area contributed by atoms with Crippen molar-refractivity contribution < 1.29 is 4.79 Å². The lowest BCUT2D eigenvalue weighted by molar-refractivity contribution is -0.120. The van der Waals surface area contributed by atoms with Crippen molar-refractivity contribution >= 4 is 17.3 Å². The van der Waals surface area contributed by atoms with Gasteiger partial charge >= 0.3 is 0 Å². The van der Waals surface area contributed by atoms with Crippen LogP contribution in [0, 0.1) is 6.92 Å². The first kappa shape index (κ1) is 16.6. The molecule has 1 aliphatic carbocycles. The standard InChI is InChI=1S/C21H29N3O/c1-16-7-8-20-18(13-16)19-14-22(2)10-9-21(19)24(20)12-11-23(15-25)17-5-3-4-6-17/h7-8,13,15,17H,3-6,9-12,14H2,1-2H3. The van der Waals surface area contributed by atoms with E-state index in [9.17, 15) is 4.79 Å². The van der Waals surface area contributed by atoms with Crippen LogP contribution in [0.1, 0.15) is 42.5 Å². The molecule has 1 amide bonds. The third-order valence-electron chi connectivity index (χ3n) is 6.11. The Morgan fingerprint density at radius 3 is 2.84 bits per heavy atom. The molecule has 0 atom stereocenters. The number of likely N-dealkylation sites (N-methyl/N-ethyl adjacent to an activating group) is 1. The fourth-order valence-electron chi connectivity index (χ4n) is 4.73. The van der Waals surface area contributed by atoms with Crippen molar-refractivity contribution in [1.29, 1.82) is 0 Å². The second-order valence-corrected chi connectivity index (χ2v) is 7.87. The zero-order valence-electron chi connectivity index (χ0n) is 15.5. The van der Waals surface area contributed by atoms with Crippen molar-refractivity contribution in [2.45, 2.75) is 58.2 Å². The van der Waals surface area contributed by atoms with Crippen molar-refractivity contribution in [2.24, 2.45) is 0 Å².